The van der Waals surface area contributed by atoms with Crippen LogP contribution in [0.15, 0.2) is 23.4 Å². The predicted molar refractivity (Wildman–Crippen MR) is 60.3 cm³/mol. The first-order valence-electron chi connectivity index (χ1n) is 4.70. The van der Waals surface area contributed by atoms with Crippen molar-refractivity contribution in [1.29, 1.82) is 0 Å². The highest BCUT2D eigenvalue weighted by molar-refractivity contribution is 6.09. The molecule has 4 N–H and O–H groups in total. The number of fused-ring (bicyclic) bond motifs is 1. The molecule has 0 aliphatic rings. The fourth-order valence-electron chi connectivity index (χ4n) is 1.82. The van der Waals surface area contributed by atoms with E-state index < -0.39 is 0 Å². The Bertz CT molecular complexity index is 540. The number of amidine groups is 1. The van der Waals surface area contributed by atoms with Gasteiger partial charge in [0.25, 0.3) is 0 Å². The van der Waals surface area contributed by atoms with Crippen LogP contribution in [0, 0.1) is 13.8 Å². The number of aromatic nitrogens is 1. The normalized spacial score (nSPS) is 12.3. The highest BCUT2D eigenvalue weighted by atomic mass is 16.4. The van der Waals surface area contributed by atoms with E-state index >= 15 is 0 Å². The molecule has 0 saturated heterocycles. The third-order valence-electron chi connectivity index (χ3n) is 2.51. The third kappa shape index (κ3) is 1.44. The predicted octanol–water partition coefficient (Wildman–Crippen LogP) is 1.88. The number of oxime groups is 1. The van der Waals surface area contributed by atoms with E-state index in [0.717, 1.165) is 27.7 Å². The first-order chi connectivity index (χ1) is 7.13. The summed E-state index contributed by atoms with van der Waals surface area (Å²) in [4.78, 5) is 3.20. The van der Waals surface area contributed by atoms with Crippen LogP contribution in [0.2, 0.25) is 0 Å². The van der Waals surface area contributed by atoms with Crippen LogP contribution in [0.5, 0.6) is 0 Å². The van der Waals surface area contributed by atoms with Crippen molar-refractivity contribution in [2.45, 2.75) is 13.8 Å². The summed E-state index contributed by atoms with van der Waals surface area (Å²) in [5, 5.41) is 12.7. The van der Waals surface area contributed by atoms with Gasteiger partial charge in [0.15, 0.2) is 5.84 Å². The van der Waals surface area contributed by atoms with Crippen molar-refractivity contribution in [3.05, 3.63) is 35.0 Å². The Balaban J connectivity index is 2.82. The van der Waals surface area contributed by atoms with Crippen molar-refractivity contribution in [3.8, 4) is 0 Å². The van der Waals surface area contributed by atoms with Gasteiger partial charge in [0.05, 0.1) is 0 Å². The lowest BCUT2D eigenvalue weighted by atomic mass is 10.1. The fourth-order valence-corrected chi connectivity index (χ4v) is 1.82. The van der Waals surface area contributed by atoms with Crippen molar-refractivity contribution in [1.82, 2.24) is 4.98 Å². The molecule has 1 heterocycles. The second-order valence-electron chi connectivity index (χ2n) is 3.66. The van der Waals surface area contributed by atoms with Gasteiger partial charge in [0.1, 0.15) is 0 Å². The smallest absolute Gasteiger partial charge is 0.172 e. The monoisotopic (exact) mass is 203 g/mol. The molecule has 0 aliphatic heterocycles. The minimum Gasteiger partial charge on any atom is -0.409 e. The molecule has 78 valence electrons. The zero-order valence-electron chi connectivity index (χ0n) is 8.70. The Labute approximate surface area is 87.4 Å². The Morgan fingerprint density at radius 2 is 2.13 bits per heavy atom. The molecule has 4 nitrogen and oxygen atoms in total. The van der Waals surface area contributed by atoms with Gasteiger partial charge >= 0.3 is 0 Å². The molecule has 2 aromatic rings. The summed E-state index contributed by atoms with van der Waals surface area (Å²) in [6.07, 6.45) is 0. The van der Waals surface area contributed by atoms with E-state index in [4.69, 9.17) is 10.9 Å². The van der Waals surface area contributed by atoms with Gasteiger partial charge in [-0.05, 0) is 26.0 Å². The maximum atomic E-state index is 8.71. The van der Waals surface area contributed by atoms with Crippen molar-refractivity contribution in [2.24, 2.45) is 10.9 Å². The molecule has 0 fully saturated rings. The summed E-state index contributed by atoms with van der Waals surface area (Å²) >= 11 is 0. The van der Waals surface area contributed by atoms with E-state index in [1.165, 1.54) is 0 Å². The number of hydrogen-bond donors (Lipinski definition) is 3. The number of hydrogen-bond acceptors (Lipinski definition) is 2. The van der Waals surface area contributed by atoms with E-state index in [1.54, 1.807) is 0 Å². The van der Waals surface area contributed by atoms with Crippen LogP contribution < -0.4 is 5.73 Å². The molecule has 1 aromatic carbocycles. The topological polar surface area (TPSA) is 74.4 Å². The van der Waals surface area contributed by atoms with Crippen LogP contribution in [-0.2, 0) is 0 Å². The first-order valence-corrected chi connectivity index (χ1v) is 4.70. The first kappa shape index (κ1) is 9.58. The summed E-state index contributed by atoms with van der Waals surface area (Å²) in [5.74, 6) is 0.143. The maximum Gasteiger partial charge on any atom is 0.172 e. The maximum absolute atomic E-state index is 8.71. The molecule has 4 heteroatoms. The number of aromatic amines is 1. The van der Waals surface area contributed by atoms with E-state index in [1.807, 2.05) is 32.0 Å². The number of nitrogens with two attached hydrogens (primary N) is 1. The number of H-pyrrole nitrogens is 1. The Hall–Kier alpha value is -1.97. The highest BCUT2D eigenvalue weighted by Crippen LogP contribution is 2.22. The van der Waals surface area contributed by atoms with Crippen LogP contribution >= 0.6 is 0 Å². The number of nitrogens with one attached hydrogen (secondary N) is 1. The van der Waals surface area contributed by atoms with E-state index in [2.05, 4.69) is 10.1 Å². The zero-order chi connectivity index (χ0) is 11.0. The Kier molecular flexibility index (Phi) is 2.11. The van der Waals surface area contributed by atoms with Gasteiger partial charge in [0.2, 0.25) is 0 Å². The molecule has 0 spiro atoms. The van der Waals surface area contributed by atoms with Crippen LogP contribution in [0.1, 0.15) is 16.8 Å². The van der Waals surface area contributed by atoms with Crippen LogP contribution in [0.3, 0.4) is 0 Å². The van der Waals surface area contributed by atoms with Crippen molar-refractivity contribution in [2.75, 3.05) is 0 Å². The quantitative estimate of drug-likeness (QED) is 0.286. The minimum atomic E-state index is 0.143. The highest BCUT2D eigenvalue weighted by Gasteiger charge is 2.11. The molecule has 0 amide bonds. The second kappa shape index (κ2) is 3.31. The number of rotatable bonds is 1. The van der Waals surface area contributed by atoms with Gasteiger partial charge < -0.3 is 15.9 Å². The third-order valence-corrected chi connectivity index (χ3v) is 2.51. The van der Waals surface area contributed by atoms with Crippen molar-refractivity contribution in [3.63, 3.8) is 0 Å². The molecule has 15 heavy (non-hydrogen) atoms. The van der Waals surface area contributed by atoms with Crippen LogP contribution in [0.4, 0.5) is 0 Å². The molecular weight excluding hydrogens is 190 g/mol. The summed E-state index contributed by atoms with van der Waals surface area (Å²) in [7, 11) is 0. The average molecular weight is 203 g/mol. The summed E-state index contributed by atoms with van der Waals surface area (Å²) < 4.78 is 0. The van der Waals surface area contributed by atoms with Gasteiger partial charge in [-0.3, -0.25) is 0 Å². The minimum absolute atomic E-state index is 0.143. The zero-order valence-corrected chi connectivity index (χ0v) is 8.70. The molecule has 0 unspecified atom stereocenters. The molecule has 0 aliphatic carbocycles. The lowest BCUT2D eigenvalue weighted by Crippen LogP contribution is -2.13. The van der Waals surface area contributed by atoms with E-state index in [0.29, 0.717) is 0 Å². The number of benzene rings is 1. The summed E-state index contributed by atoms with van der Waals surface area (Å²) in [6, 6.07) is 6.03. The van der Waals surface area contributed by atoms with Gasteiger partial charge in [-0.1, -0.05) is 16.8 Å². The van der Waals surface area contributed by atoms with Gasteiger partial charge in [-0.2, -0.15) is 0 Å². The van der Waals surface area contributed by atoms with Crippen LogP contribution in [-0.4, -0.2) is 16.0 Å². The van der Waals surface area contributed by atoms with Gasteiger partial charge in [-0.25, -0.2) is 0 Å². The summed E-state index contributed by atoms with van der Waals surface area (Å²) in [5.41, 5.74) is 9.46. The van der Waals surface area contributed by atoms with Crippen molar-refractivity contribution >= 4 is 16.7 Å². The molecule has 0 saturated carbocycles. The van der Waals surface area contributed by atoms with E-state index in [-0.39, 0.29) is 5.84 Å². The Morgan fingerprint density at radius 1 is 1.40 bits per heavy atom. The molecule has 0 bridgehead atoms. The molecule has 1 aromatic heterocycles. The standard InChI is InChI=1S/C11H13N3O/c1-6-3-4-9-8(5-6)10(7(2)13-9)11(12)14-15/h3-5,13,15H,1-2H3,(H2,12,14). The molecule has 0 radical (unpaired) electrons. The fraction of sp³-hybridized carbons (Fsp3) is 0.182. The molecule has 2 rings (SSSR count). The molecular formula is C11H13N3O. The van der Waals surface area contributed by atoms with Crippen LogP contribution in [0.25, 0.3) is 10.9 Å². The van der Waals surface area contributed by atoms with Crippen molar-refractivity contribution < 1.29 is 5.21 Å². The summed E-state index contributed by atoms with van der Waals surface area (Å²) in [6.45, 7) is 3.92. The molecule has 0 atom stereocenters. The SMILES string of the molecule is Cc1ccc2[nH]c(C)c(/C(N)=N/O)c2c1. The van der Waals surface area contributed by atoms with Gasteiger partial charge in [-0.15, -0.1) is 0 Å². The Morgan fingerprint density at radius 3 is 2.80 bits per heavy atom. The number of nitrogens with zero attached hydrogens (tertiary/aromatic N) is 1. The average Bonchev–Trinajstić information content (AvgIpc) is 2.52. The second-order valence-corrected chi connectivity index (χ2v) is 3.66. The lowest BCUT2D eigenvalue weighted by Gasteiger charge is -1.98. The lowest BCUT2D eigenvalue weighted by molar-refractivity contribution is 0.318. The number of aryl methyl sites for hydroxylation is 2. The van der Waals surface area contributed by atoms with Gasteiger partial charge in [0, 0.05) is 22.2 Å². The van der Waals surface area contributed by atoms with E-state index in [9.17, 15) is 0 Å². The largest absolute Gasteiger partial charge is 0.409 e.